The Morgan fingerprint density at radius 2 is 1.66 bits per heavy atom. The molecular weight excluding hydrogens is 478 g/mol. The zero-order valence-electron chi connectivity index (χ0n) is 17.0. The lowest BCUT2D eigenvalue weighted by Gasteiger charge is -2.49. The molecule has 1 spiro atoms. The molecule has 32 heavy (non-hydrogen) atoms. The van der Waals surface area contributed by atoms with Crippen LogP contribution in [0.5, 0.6) is 0 Å². The third-order valence-corrected chi connectivity index (χ3v) is 7.35. The van der Waals surface area contributed by atoms with Crippen molar-refractivity contribution >= 4 is 33.4 Å². The number of benzene rings is 3. The van der Waals surface area contributed by atoms with Gasteiger partial charge >= 0.3 is 0 Å². The summed E-state index contributed by atoms with van der Waals surface area (Å²) in [7, 11) is 0. The van der Waals surface area contributed by atoms with Gasteiger partial charge in [0.05, 0.1) is 6.04 Å². The van der Waals surface area contributed by atoms with E-state index in [-0.39, 0.29) is 17.4 Å². The number of fused-ring (bicyclic) bond motifs is 2. The first-order valence-corrected chi connectivity index (χ1v) is 11.1. The molecule has 2 amide bonds. The Morgan fingerprint density at radius 1 is 0.938 bits per heavy atom. The predicted molar refractivity (Wildman–Crippen MR) is 120 cm³/mol. The fraction of sp³-hybridized carbons (Fsp3) is 0.200. The van der Waals surface area contributed by atoms with Crippen molar-refractivity contribution in [2.75, 3.05) is 5.32 Å². The van der Waals surface area contributed by atoms with Crippen LogP contribution < -0.4 is 10.6 Å². The van der Waals surface area contributed by atoms with Gasteiger partial charge in [-0.1, -0.05) is 59.3 Å². The second kappa shape index (κ2) is 7.52. The predicted octanol–water partition coefficient (Wildman–Crippen LogP) is 5.21. The fourth-order valence-electron chi connectivity index (χ4n) is 5.30. The average Bonchev–Trinajstić information content (AvgIpc) is 3.06. The van der Waals surface area contributed by atoms with Crippen LogP contribution in [-0.2, 0) is 15.0 Å². The number of carbonyl (C=O) groups excluding carboxylic acids is 2. The van der Waals surface area contributed by atoms with Crippen LogP contribution >= 0.6 is 15.9 Å². The van der Waals surface area contributed by atoms with Gasteiger partial charge in [0.25, 0.3) is 0 Å². The molecule has 3 aromatic carbocycles. The van der Waals surface area contributed by atoms with Gasteiger partial charge in [0.1, 0.15) is 17.0 Å². The van der Waals surface area contributed by atoms with E-state index in [1.165, 1.54) is 18.2 Å². The van der Waals surface area contributed by atoms with Gasteiger partial charge in [-0.3, -0.25) is 9.59 Å². The molecule has 0 aromatic heterocycles. The fourth-order valence-corrected chi connectivity index (χ4v) is 5.88. The number of amides is 2. The Bertz CT molecular complexity index is 1230. The number of para-hydroxylation sites is 1. The molecule has 1 saturated heterocycles. The van der Waals surface area contributed by atoms with Crippen LogP contribution in [-0.4, -0.2) is 11.8 Å². The van der Waals surface area contributed by atoms with Crippen LogP contribution in [0.1, 0.15) is 35.6 Å². The van der Waals surface area contributed by atoms with Crippen molar-refractivity contribution < 1.29 is 18.4 Å². The molecule has 5 rings (SSSR count). The minimum absolute atomic E-state index is 0.272. The van der Waals surface area contributed by atoms with Crippen molar-refractivity contribution in [3.05, 3.63) is 99.5 Å². The number of carbonyl (C=O) groups is 2. The summed E-state index contributed by atoms with van der Waals surface area (Å²) in [5, 5.41) is 5.93. The number of piperidine rings is 1. The number of nitrogens with one attached hydrogen (secondary N) is 2. The third kappa shape index (κ3) is 2.84. The van der Waals surface area contributed by atoms with Crippen LogP contribution in [0.15, 0.2) is 71.2 Å². The summed E-state index contributed by atoms with van der Waals surface area (Å²) >= 11 is 3.45. The first-order chi connectivity index (χ1) is 15.4. The molecule has 2 aliphatic heterocycles. The maximum Gasteiger partial charge on any atom is 0.238 e. The topological polar surface area (TPSA) is 58.2 Å². The number of halogens is 3. The maximum atomic E-state index is 15.3. The highest BCUT2D eigenvalue weighted by Gasteiger charge is 2.63. The second-order valence-electron chi connectivity index (χ2n) is 8.26. The SMILES string of the molecule is C[C@@H]1C(=O)N[C@H](c2ccc(F)cc2)[C@@]2(C(=O)Nc3ccccc32)[C@@H]1c1c(F)cccc1Br. The molecule has 2 aliphatic rings. The summed E-state index contributed by atoms with van der Waals surface area (Å²) in [5.41, 5.74) is 0.786. The van der Waals surface area contributed by atoms with Crippen molar-refractivity contribution in [2.24, 2.45) is 5.92 Å². The summed E-state index contributed by atoms with van der Waals surface area (Å²) in [4.78, 5) is 27.0. The van der Waals surface area contributed by atoms with Gasteiger partial charge in [-0.15, -0.1) is 0 Å². The molecule has 0 unspecified atom stereocenters. The largest absolute Gasteiger partial charge is 0.348 e. The van der Waals surface area contributed by atoms with E-state index in [4.69, 9.17) is 0 Å². The summed E-state index contributed by atoms with van der Waals surface area (Å²) in [6.07, 6.45) is 0. The zero-order chi connectivity index (χ0) is 22.6. The molecule has 4 atom stereocenters. The molecule has 3 aromatic rings. The van der Waals surface area contributed by atoms with Gasteiger partial charge in [0.15, 0.2) is 0 Å². The Balaban J connectivity index is 1.86. The van der Waals surface area contributed by atoms with Crippen LogP contribution in [0.4, 0.5) is 14.5 Å². The first kappa shape index (κ1) is 20.8. The molecule has 1 fully saturated rings. The first-order valence-electron chi connectivity index (χ1n) is 10.3. The molecule has 2 heterocycles. The average molecular weight is 497 g/mol. The number of hydrogen-bond acceptors (Lipinski definition) is 2. The second-order valence-corrected chi connectivity index (χ2v) is 9.12. The van der Waals surface area contributed by atoms with Crippen molar-refractivity contribution in [2.45, 2.75) is 24.3 Å². The van der Waals surface area contributed by atoms with Crippen LogP contribution in [0.3, 0.4) is 0 Å². The summed E-state index contributed by atoms with van der Waals surface area (Å²) in [6.45, 7) is 1.70. The summed E-state index contributed by atoms with van der Waals surface area (Å²) in [5.74, 6) is -3.09. The van der Waals surface area contributed by atoms with E-state index in [1.54, 1.807) is 37.3 Å². The highest BCUT2D eigenvalue weighted by Crippen LogP contribution is 2.59. The number of rotatable bonds is 2. The lowest BCUT2D eigenvalue weighted by molar-refractivity contribution is -0.135. The van der Waals surface area contributed by atoms with Gasteiger partial charge < -0.3 is 10.6 Å². The van der Waals surface area contributed by atoms with E-state index in [1.807, 2.05) is 18.2 Å². The Labute approximate surface area is 192 Å². The molecule has 4 nitrogen and oxygen atoms in total. The lowest BCUT2D eigenvalue weighted by atomic mass is 9.56. The summed E-state index contributed by atoms with van der Waals surface area (Å²) < 4.78 is 29.5. The van der Waals surface area contributed by atoms with Crippen LogP contribution in [0.25, 0.3) is 0 Å². The van der Waals surface area contributed by atoms with Gasteiger partial charge in [0, 0.05) is 27.6 Å². The van der Waals surface area contributed by atoms with Crippen LogP contribution in [0, 0.1) is 17.6 Å². The smallest absolute Gasteiger partial charge is 0.238 e. The van der Waals surface area contributed by atoms with E-state index in [2.05, 4.69) is 26.6 Å². The lowest BCUT2D eigenvalue weighted by Crippen LogP contribution is -2.60. The Kier molecular flexibility index (Phi) is 4.89. The normalized spacial score (nSPS) is 26.6. The van der Waals surface area contributed by atoms with Gasteiger partial charge in [0.2, 0.25) is 11.8 Å². The minimum atomic E-state index is -1.34. The van der Waals surface area contributed by atoms with Crippen molar-refractivity contribution in [3.8, 4) is 0 Å². The molecule has 0 bridgehead atoms. The van der Waals surface area contributed by atoms with Crippen molar-refractivity contribution in [1.82, 2.24) is 5.32 Å². The third-order valence-electron chi connectivity index (χ3n) is 6.66. The van der Waals surface area contributed by atoms with E-state index in [0.717, 1.165) is 0 Å². The highest BCUT2D eigenvalue weighted by molar-refractivity contribution is 9.10. The van der Waals surface area contributed by atoms with Gasteiger partial charge in [-0.25, -0.2) is 8.78 Å². The van der Waals surface area contributed by atoms with E-state index < -0.39 is 34.9 Å². The number of hydrogen-bond donors (Lipinski definition) is 2. The van der Waals surface area contributed by atoms with E-state index in [0.29, 0.717) is 21.3 Å². The maximum absolute atomic E-state index is 15.3. The molecule has 0 aliphatic carbocycles. The molecular formula is C25H19BrF2N2O2. The molecule has 2 N–H and O–H groups in total. The van der Waals surface area contributed by atoms with Crippen LogP contribution in [0.2, 0.25) is 0 Å². The molecule has 162 valence electrons. The molecule has 7 heteroatoms. The minimum Gasteiger partial charge on any atom is -0.348 e. The summed E-state index contributed by atoms with van der Waals surface area (Å²) in [6, 6.07) is 16.7. The molecule has 0 saturated carbocycles. The van der Waals surface area contributed by atoms with E-state index >= 15 is 4.39 Å². The highest BCUT2D eigenvalue weighted by atomic mass is 79.9. The van der Waals surface area contributed by atoms with Gasteiger partial charge in [-0.2, -0.15) is 0 Å². The van der Waals surface area contributed by atoms with Crippen molar-refractivity contribution in [1.29, 1.82) is 0 Å². The Morgan fingerprint density at radius 3 is 2.38 bits per heavy atom. The monoisotopic (exact) mass is 496 g/mol. The Hall–Kier alpha value is -3.06. The zero-order valence-corrected chi connectivity index (χ0v) is 18.6. The number of anilines is 1. The molecule has 0 radical (unpaired) electrons. The van der Waals surface area contributed by atoms with Gasteiger partial charge in [-0.05, 0) is 41.5 Å². The standard InChI is InChI=1S/C25H19BrF2N2O2/c1-13-21(20-17(26)6-4-7-18(20)28)25(16-5-2-3-8-19(16)29-24(25)32)22(30-23(13)31)14-9-11-15(27)12-10-14/h2-13,21-22H,1H3,(H,29,32)(H,30,31)/t13-,21-,22+,25-/m0/s1. The van der Waals surface area contributed by atoms with Crippen molar-refractivity contribution in [3.63, 3.8) is 0 Å². The quantitative estimate of drug-likeness (QED) is 0.511. The van der Waals surface area contributed by atoms with E-state index in [9.17, 15) is 14.0 Å².